The van der Waals surface area contributed by atoms with Gasteiger partial charge < -0.3 is 14.5 Å². The molecular formula is C23H25N3O4S. The molecule has 0 spiro atoms. The van der Waals surface area contributed by atoms with E-state index in [1.165, 1.54) is 11.8 Å². The maximum absolute atomic E-state index is 12.2. The van der Waals surface area contributed by atoms with Gasteiger partial charge in [0.15, 0.2) is 5.78 Å². The van der Waals surface area contributed by atoms with Crippen LogP contribution in [0.5, 0.6) is 5.75 Å². The van der Waals surface area contributed by atoms with E-state index >= 15 is 0 Å². The highest BCUT2D eigenvalue weighted by atomic mass is 32.2. The van der Waals surface area contributed by atoms with E-state index in [1.54, 1.807) is 24.3 Å². The van der Waals surface area contributed by atoms with Crippen LogP contribution in [0.1, 0.15) is 41.5 Å². The zero-order chi connectivity index (χ0) is 22.2. The van der Waals surface area contributed by atoms with Crippen molar-refractivity contribution < 1.29 is 18.7 Å². The van der Waals surface area contributed by atoms with E-state index in [2.05, 4.69) is 15.5 Å². The number of nitrogens with one attached hydrogen (secondary N) is 1. The lowest BCUT2D eigenvalue weighted by Crippen LogP contribution is -2.28. The van der Waals surface area contributed by atoms with Gasteiger partial charge in [-0.3, -0.25) is 9.59 Å². The maximum Gasteiger partial charge on any atom is 0.276 e. The highest BCUT2D eigenvalue weighted by Gasteiger charge is 2.12. The number of benzene rings is 2. The third-order valence-electron chi connectivity index (χ3n) is 4.39. The second-order valence-corrected chi connectivity index (χ2v) is 8.25. The molecule has 0 bridgehead atoms. The summed E-state index contributed by atoms with van der Waals surface area (Å²) in [7, 11) is 0. The fourth-order valence-corrected chi connectivity index (χ4v) is 3.24. The van der Waals surface area contributed by atoms with E-state index < -0.39 is 0 Å². The fourth-order valence-electron chi connectivity index (χ4n) is 2.76. The summed E-state index contributed by atoms with van der Waals surface area (Å²) in [6.07, 6.45) is 0. The predicted molar refractivity (Wildman–Crippen MR) is 120 cm³/mol. The molecule has 0 atom stereocenters. The van der Waals surface area contributed by atoms with Crippen LogP contribution in [0.15, 0.2) is 58.2 Å². The van der Waals surface area contributed by atoms with E-state index in [4.69, 9.17) is 9.15 Å². The largest absolute Gasteiger partial charge is 0.492 e. The van der Waals surface area contributed by atoms with Crippen LogP contribution in [0, 0.1) is 5.92 Å². The fraction of sp³-hybridized carbons (Fsp3) is 0.304. The second kappa shape index (κ2) is 10.8. The zero-order valence-electron chi connectivity index (χ0n) is 17.8. The molecule has 0 saturated heterocycles. The van der Waals surface area contributed by atoms with Crippen molar-refractivity contribution in [1.82, 2.24) is 15.5 Å². The van der Waals surface area contributed by atoms with E-state index in [0.29, 0.717) is 41.1 Å². The molecule has 0 fully saturated rings. The van der Waals surface area contributed by atoms with Crippen LogP contribution in [-0.4, -0.2) is 40.8 Å². The Morgan fingerprint density at radius 1 is 1.03 bits per heavy atom. The minimum absolute atomic E-state index is 0.0609. The number of rotatable bonds is 10. The molecule has 0 saturated carbocycles. The molecule has 3 aromatic rings. The van der Waals surface area contributed by atoms with Crippen molar-refractivity contribution in [3.05, 3.63) is 59.7 Å². The van der Waals surface area contributed by atoms with Crippen LogP contribution in [0.4, 0.5) is 0 Å². The molecular weight excluding hydrogens is 414 g/mol. The third kappa shape index (κ3) is 6.18. The number of ether oxygens (including phenoxy) is 1. The molecule has 2 aromatic carbocycles. The number of carbonyl (C=O) groups is 2. The molecule has 0 aliphatic rings. The van der Waals surface area contributed by atoms with Crippen LogP contribution in [-0.2, 0) is 0 Å². The summed E-state index contributed by atoms with van der Waals surface area (Å²) in [6.45, 7) is 6.41. The molecule has 162 valence electrons. The number of thioether (sulfide) groups is 1. The van der Waals surface area contributed by atoms with Gasteiger partial charge in [0.1, 0.15) is 12.4 Å². The summed E-state index contributed by atoms with van der Waals surface area (Å²) in [5.74, 6) is 1.79. The molecule has 0 unspecified atom stereocenters. The summed E-state index contributed by atoms with van der Waals surface area (Å²) in [5.41, 5.74) is 1.93. The smallest absolute Gasteiger partial charge is 0.276 e. The molecule has 3 rings (SSSR count). The van der Waals surface area contributed by atoms with Crippen LogP contribution in [0.2, 0.25) is 0 Å². The number of hydrogen-bond acceptors (Lipinski definition) is 7. The van der Waals surface area contributed by atoms with Crippen molar-refractivity contribution in [2.75, 3.05) is 18.9 Å². The van der Waals surface area contributed by atoms with Crippen molar-refractivity contribution >= 4 is 23.5 Å². The predicted octanol–water partition coefficient (Wildman–Crippen LogP) is 4.50. The molecule has 0 aliphatic carbocycles. The first-order valence-electron chi connectivity index (χ1n) is 10.1. The molecule has 31 heavy (non-hydrogen) atoms. The molecule has 1 aromatic heterocycles. The Balaban J connectivity index is 1.45. The SMILES string of the molecule is CCSc1nnc(-c2ccc(OCCNC(=O)c3ccc(C(=O)C(C)C)cc3)cc2)o1. The number of hydrogen-bond donors (Lipinski definition) is 1. The van der Waals surface area contributed by atoms with E-state index in [1.807, 2.05) is 45.0 Å². The maximum atomic E-state index is 12.2. The molecule has 7 nitrogen and oxygen atoms in total. The zero-order valence-corrected chi connectivity index (χ0v) is 18.6. The number of carbonyl (C=O) groups excluding carboxylic acids is 2. The number of ketones is 1. The Kier molecular flexibility index (Phi) is 7.83. The van der Waals surface area contributed by atoms with E-state index in [9.17, 15) is 9.59 Å². The monoisotopic (exact) mass is 439 g/mol. The minimum Gasteiger partial charge on any atom is -0.492 e. The van der Waals surface area contributed by atoms with Gasteiger partial charge in [0, 0.05) is 22.6 Å². The van der Waals surface area contributed by atoms with Gasteiger partial charge in [-0.25, -0.2) is 0 Å². The van der Waals surface area contributed by atoms with Crippen molar-refractivity contribution in [3.63, 3.8) is 0 Å². The Morgan fingerprint density at radius 3 is 2.35 bits per heavy atom. The number of nitrogens with zero attached hydrogens (tertiary/aromatic N) is 2. The van der Waals surface area contributed by atoms with Gasteiger partial charge in [0.2, 0.25) is 5.89 Å². The summed E-state index contributed by atoms with van der Waals surface area (Å²) >= 11 is 1.50. The minimum atomic E-state index is -0.209. The third-order valence-corrected chi connectivity index (χ3v) is 5.09. The molecule has 0 radical (unpaired) electrons. The van der Waals surface area contributed by atoms with Gasteiger partial charge in [-0.05, 0) is 42.2 Å². The van der Waals surface area contributed by atoms with Gasteiger partial charge in [-0.15, -0.1) is 10.2 Å². The molecule has 0 aliphatic heterocycles. The molecule has 8 heteroatoms. The van der Waals surface area contributed by atoms with Crippen LogP contribution >= 0.6 is 11.8 Å². The summed E-state index contributed by atoms with van der Waals surface area (Å²) < 4.78 is 11.3. The van der Waals surface area contributed by atoms with Crippen LogP contribution < -0.4 is 10.1 Å². The van der Waals surface area contributed by atoms with Crippen LogP contribution in [0.25, 0.3) is 11.5 Å². The summed E-state index contributed by atoms with van der Waals surface area (Å²) in [6, 6.07) is 14.0. The number of Topliss-reactive ketones (excluding diaryl/α,β-unsaturated/α-hetero) is 1. The first-order valence-corrected chi connectivity index (χ1v) is 11.1. The van der Waals surface area contributed by atoms with Crippen molar-refractivity contribution in [2.45, 2.75) is 26.0 Å². The highest BCUT2D eigenvalue weighted by molar-refractivity contribution is 7.99. The van der Waals surface area contributed by atoms with Crippen molar-refractivity contribution in [2.24, 2.45) is 5.92 Å². The Labute approximate surface area is 185 Å². The quantitative estimate of drug-likeness (QED) is 0.282. The number of aromatic nitrogens is 2. The lowest BCUT2D eigenvalue weighted by Gasteiger charge is -2.09. The van der Waals surface area contributed by atoms with Crippen molar-refractivity contribution in [1.29, 1.82) is 0 Å². The first kappa shape index (κ1) is 22.6. The van der Waals surface area contributed by atoms with Crippen molar-refractivity contribution in [3.8, 4) is 17.2 Å². The number of amides is 1. The lowest BCUT2D eigenvalue weighted by atomic mass is 10.00. The van der Waals surface area contributed by atoms with E-state index in [-0.39, 0.29) is 17.6 Å². The lowest BCUT2D eigenvalue weighted by molar-refractivity contribution is 0.0931. The second-order valence-electron chi connectivity index (χ2n) is 7.03. The first-order chi connectivity index (χ1) is 15.0. The van der Waals surface area contributed by atoms with Gasteiger partial charge in [0.25, 0.3) is 11.1 Å². The standard InChI is InChI=1S/C23H25N3O4S/c1-4-31-23-26-25-22(30-23)18-9-11-19(12-10-18)29-14-13-24-21(28)17-7-5-16(6-8-17)20(27)15(2)3/h5-12,15H,4,13-14H2,1-3H3,(H,24,28). The summed E-state index contributed by atoms with van der Waals surface area (Å²) in [5, 5.41) is 11.4. The summed E-state index contributed by atoms with van der Waals surface area (Å²) in [4.78, 5) is 24.2. The topological polar surface area (TPSA) is 94.3 Å². The molecule has 1 heterocycles. The Bertz CT molecular complexity index is 1010. The average Bonchev–Trinajstić information content (AvgIpc) is 3.25. The molecule has 1 N–H and O–H groups in total. The highest BCUT2D eigenvalue weighted by Crippen LogP contribution is 2.24. The Morgan fingerprint density at radius 2 is 1.71 bits per heavy atom. The molecule has 1 amide bonds. The van der Waals surface area contributed by atoms with Gasteiger partial charge in [0.05, 0.1) is 6.54 Å². The van der Waals surface area contributed by atoms with Gasteiger partial charge in [-0.1, -0.05) is 44.7 Å². The normalized spacial score (nSPS) is 10.8. The van der Waals surface area contributed by atoms with Crippen LogP contribution in [0.3, 0.4) is 0 Å². The van der Waals surface area contributed by atoms with Gasteiger partial charge in [-0.2, -0.15) is 0 Å². The van der Waals surface area contributed by atoms with Gasteiger partial charge >= 0.3 is 0 Å². The Hall–Kier alpha value is -3.13. The van der Waals surface area contributed by atoms with E-state index in [0.717, 1.165) is 11.3 Å². The average molecular weight is 440 g/mol.